The third-order valence-corrected chi connectivity index (χ3v) is 13.4. The maximum Gasteiger partial charge on any atom is 0.338 e. The van der Waals surface area contributed by atoms with Gasteiger partial charge in [-0.25, -0.2) is 4.79 Å². The van der Waals surface area contributed by atoms with Crippen LogP contribution in [0, 0.1) is 34.5 Å². The first-order valence-electron chi connectivity index (χ1n) is 16.7. The fourth-order valence-corrected chi connectivity index (χ4v) is 12.5. The number of rotatable bonds is 11. The van der Waals surface area contributed by atoms with Gasteiger partial charge < -0.3 is 38.3 Å². The van der Waals surface area contributed by atoms with Gasteiger partial charge in [0.2, 0.25) is 0 Å². The van der Waals surface area contributed by atoms with Crippen molar-refractivity contribution in [3.8, 4) is 5.75 Å². The van der Waals surface area contributed by atoms with Gasteiger partial charge in [0.05, 0.1) is 43.2 Å². The number of aliphatic hydroxyl groups is 1. The molecule has 45 heavy (non-hydrogen) atoms. The second-order valence-corrected chi connectivity index (χ2v) is 14.5. The molecule has 7 bridgehead atoms. The minimum atomic E-state index is -1.40. The molecule has 4 unspecified atom stereocenters. The SMILES string of the molecule is CCO[C@]12C[C@H](OC)[C@@]3(O)CC(C1[C@H]3OC(=O)c1cccc(OC)c1)[C@@]13C4C2[C@H](OC)[C@@H]1[C@@](COC)(CC[C@@H]3OC)CN4CC. The van der Waals surface area contributed by atoms with Crippen molar-refractivity contribution in [3.63, 3.8) is 0 Å². The van der Waals surface area contributed by atoms with E-state index in [0.29, 0.717) is 37.4 Å². The highest BCUT2D eigenvalue weighted by Gasteiger charge is 2.89. The number of hydrogen-bond acceptors (Lipinski definition) is 10. The predicted molar refractivity (Wildman–Crippen MR) is 164 cm³/mol. The van der Waals surface area contributed by atoms with Crippen LogP contribution in [0.15, 0.2) is 24.3 Å². The van der Waals surface area contributed by atoms with Crippen LogP contribution in [0.4, 0.5) is 0 Å². The summed E-state index contributed by atoms with van der Waals surface area (Å²) in [5.41, 5.74) is -2.29. The molecule has 6 fully saturated rings. The molecule has 0 amide bonds. The van der Waals surface area contributed by atoms with Crippen LogP contribution in [0.5, 0.6) is 5.75 Å². The highest BCUT2D eigenvalue weighted by Crippen LogP contribution is 2.80. The zero-order valence-electron chi connectivity index (χ0n) is 27.8. The summed E-state index contributed by atoms with van der Waals surface area (Å²) in [6, 6.07) is 7.08. The molecular weight excluding hydrogens is 578 g/mol. The summed E-state index contributed by atoms with van der Waals surface area (Å²) in [6.07, 6.45) is 1.18. The first kappa shape index (κ1) is 31.8. The Labute approximate surface area is 266 Å². The summed E-state index contributed by atoms with van der Waals surface area (Å²) in [4.78, 5) is 16.6. The molecule has 5 saturated carbocycles. The second kappa shape index (κ2) is 11.1. The van der Waals surface area contributed by atoms with Crippen LogP contribution < -0.4 is 4.74 Å². The van der Waals surface area contributed by atoms with Gasteiger partial charge in [-0.2, -0.15) is 0 Å². The Morgan fingerprint density at radius 2 is 1.80 bits per heavy atom. The maximum atomic E-state index is 13.9. The van der Waals surface area contributed by atoms with E-state index < -0.39 is 29.4 Å². The van der Waals surface area contributed by atoms with Crippen molar-refractivity contribution in [3.05, 3.63) is 29.8 Å². The molecule has 0 radical (unpaired) electrons. The summed E-state index contributed by atoms with van der Waals surface area (Å²) >= 11 is 0. The molecule has 5 aliphatic carbocycles. The fourth-order valence-electron chi connectivity index (χ4n) is 12.5. The monoisotopic (exact) mass is 629 g/mol. The third-order valence-electron chi connectivity index (χ3n) is 13.4. The Hall–Kier alpha value is -1.79. The summed E-state index contributed by atoms with van der Waals surface area (Å²) in [5, 5.41) is 12.8. The Morgan fingerprint density at radius 3 is 2.44 bits per heavy atom. The molecule has 1 aromatic carbocycles. The van der Waals surface area contributed by atoms with Gasteiger partial charge in [0, 0.05) is 82.6 Å². The van der Waals surface area contributed by atoms with E-state index in [-0.39, 0.29) is 52.8 Å². The van der Waals surface area contributed by atoms with Crippen LogP contribution in [0.1, 0.15) is 49.9 Å². The molecule has 10 heteroatoms. The van der Waals surface area contributed by atoms with E-state index in [4.69, 9.17) is 33.2 Å². The minimum absolute atomic E-state index is 0.0542. The average Bonchev–Trinajstić information content (AvgIpc) is 3.42. The third kappa shape index (κ3) is 3.85. The molecule has 0 aromatic heterocycles. The van der Waals surface area contributed by atoms with Crippen LogP contribution in [0.3, 0.4) is 0 Å². The Balaban J connectivity index is 1.45. The van der Waals surface area contributed by atoms with Gasteiger partial charge >= 0.3 is 5.97 Å². The van der Waals surface area contributed by atoms with Gasteiger partial charge in [-0.15, -0.1) is 0 Å². The summed E-state index contributed by atoms with van der Waals surface area (Å²) in [6.45, 7) is 7.18. The molecule has 13 atom stereocenters. The molecule has 7 rings (SSSR count). The number of nitrogens with zero attached hydrogens (tertiary/aromatic N) is 1. The molecule has 1 spiro atoms. The van der Waals surface area contributed by atoms with Crippen molar-refractivity contribution < 1.29 is 43.1 Å². The Bertz CT molecular complexity index is 1300. The lowest BCUT2D eigenvalue weighted by Crippen LogP contribution is -2.77. The number of carbonyl (C=O) groups excluding carboxylic acids is 1. The van der Waals surface area contributed by atoms with Crippen molar-refractivity contribution in [2.45, 2.75) is 81.2 Å². The molecular formula is C35H51NO9. The average molecular weight is 630 g/mol. The molecule has 6 aliphatic rings. The molecule has 1 saturated heterocycles. The van der Waals surface area contributed by atoms with Gasteiger partial charge in [-0.3, -0.25) is 4.90 Å². The lowest BCUT2D eigenvalue weighted by molar-refractivity contribution is -0.293. The lowest BCUT2D eigenvalue weighted by atomic mass is 9.43. The molecule has 1 aromatic rings. The number of esters is 1. The highest BCUT2D eigenvalue weighted by atomic mass is 16.6. The standard InChI is InChI=1S/C35H51NO9/c1-8-36-18-32(19-39-3)14-13-23(41-5)35-22-16-33(38)24(42-6)17-34(44-9-2,26(29(35)36)27(43-7)28(32)35)25(22)30(33)45-31(37)20-11-10-12-21(15-20)40-4/h10-12,15,22-30,38H,8-9,13-14,16-19H2,1-7H3/t22?,23-,24-,25?,26?,27-,28+,29?,30+,32-,33-,34+,35-/m0/s1. The van der Waals surface area contributed by atoms with Crippen molar-refractivity contribution >= 4 is 5.97 Å². The van der Waals surface area contributed by atoms with Gasteiger partial charge in [0.25, 0.3) is 0 Å². The van der Waals surface area contributed by atoms with Crippen LogP contribution in [-0.4, -0.2) is 119 Å². The predicted octanol–water partition coefficient (Wildman–Crippen LogP) is 3.19. The largest absolute Gasteiger partial charge is 0.497 e. The van der Waals surface area contributed by atoms with Gasteiger partial charge in [-0.05, 0) is 56.8 Å². The number of methoxy groups -OCH3 is 5. The van der Waals surface area contributed by atoms with Crippen LogP contribution in [0.2, 0.25) is 0 Å². The van der Waals surface area contributed by atoms with E-state index in [9.17, 15) is 9.90 Å². The quantitative estimate of drug-likeness (QED) is 0.367. The summed E-state index contributed by atoms with van der Waals surface area (Å²) < 4.78 is 44.4. The normalized spacial score (nSPS) is 47.5. The van der Waals surface area contributed by atoms with Crippen molar-refractivity contribution in [1.29, 1.82) is 0 Å². The van der Waals surface area contributed by atoms with E-state index >= 15 is 0 Å². The number of ether oxygens (including phenoxy) is 7. The van der Waals surface area contributed by atoms with Gasteiger partial charge in [0.15, 0.2) is 0 Å². The number of hydrogen-bond donors (Lipinski definition) is 1. The molecule has 1 N–H and O–H groups in total. The topological polar surface area (TPSA) is 105 Å². The Morgan fingerprint density at radius 1 is 1.02 bits per heavy atom. The van der Waals surface area contributed by atoms with Crippen LogP contribution >= 0.6 is 0 Å². The van der Waals surface area contributed by atoms with E-state index in [2.05, 4.69) is 11.8 Å². The zero-order valence-corrected chi connectivity index (χ0v) is 27.8. The first-order chi connectivity index (χ1) is 21.7. The van der Waals surface area contributed by atoms with Gasteiger partial charge in [0.1, 0.15) is 17.5 Å². The highest BCUT2D eigenvalue weighted by molar-refractivity contribution is 5.90. The van der Waals surface area contributed by atoms with Crippen LogP contribution in [0.25, 0.3) is 0 Å². The number of piperidine rings is 1. The maximum absolute atomic E-state index is 13.9. The molecule has 250 valence electrons. The summed E-state index contributed by atoms with van der Waals surface area (Å²) in [7, 11) is 8.70. The second-order valence-electron chi connectivity index (χ2n) is 14.5. The van der Waals surface area contributed by atoms with E-state index in [1.807, 2.05) is 21.1 Å². The first-order valence-corrected chi connectivity index (χ1v) is 16.7. The number of likely N-dealkylation sites (tertiary alicyclic amines) is 1. The molecule has 10 nitrogen and oxygen atoms in total. The summed E-state index contributed by atoms with van der Waals surface area (Å²) in [5.74, 6) is -0.201. The van der Waals surface area contributed by atoms with Crippen molar-refractivity contribution in [2.75, 3.05) is 61.9 Å². The Kier molecular flexibility index (Phi) is 7.87. The van der Waals surface area contributed by atoms with E-state index in [1.54, 1.807) is 45.6 Å². The van der Waals surface area contributed by atoms with E-state index in [0.717, 1.165) is 25.9 Å². The minimum Gasteiger partial charge on any atom is -0.497 e. The van der Waals surface area contributed by atoms with Crippen molar-refractivity contribution in [1.82, 2.24) is 4.90 Å². The van der Waals surface area contributed by atoms with Crippen molar-refractivity contribution in [2.24, 2.45) is 34.5 Å². The number of benzene rings is 1. The van der Waals surface area contributed by atoms with Crippen LogP contribution in [-0.2, 0) is 28.4 Å². The van der Waals surface area contributed by atoms with E-state index in [1.165, 1.54) is 0 Å². The number of carbonyl (C=O) groups is 1. The molecule has 1 aliphatic heterocycles. The molecule has 1 heterocycles. The van der Waals surface area contributed by atoms with Gasteiger partial charge in [-0.1, -0.05) is 13.0 Å². The fraction of sp³-hybridized carbons (Fsp3) is 0.800. The zero-order chi connectivity index (χ0) is 31.9. The number of fused-ring (bicyclic) bond motifs is 2. The lowest BCUT2D eigenvalue weighted by Gasteiger charge is -2.69. The smallest absolute Gasteiger partial charge is 0.338 e.